The molecule has 0 aliphatic carbocycles. The van der Waals surface area contributed by atoms with E-state index >= 15 is 0 Å². The molecule has 0 saturated heterocycles. The Labute approximate surface area is 83.5 Å². The molecule has 1 N–H and O–H groups in total. The third-order valence-corrected chi connectivity index (χ3v) is 4.51. The predicted molar refractivity (Wildman–Crippen MR) is 52.4 cm³/mol. The Morgan fingerprint density at radius 3 is 1.93 bits per heavy atom. The average Bonchev–Trinajstić information content (AvgIpc) is 1.97. The van der Waals surface area contributed by atoms with E-state index in [9.17, 15) is 16.8 Å². The van der Waals surface area contributed by atoms with Crippen molar-refractivity contribution in [2.45, 2.75) is 0 Å². The quantitative estimate of drug-likeness (QED) is 0.513. The van der Waals surface area contributed by atoms with Crippen LogP contribution in [0, 0.1) is 0 Å². The normalized spacial score (nSPS) is 12.7. The lowest BCUT2D eigenvalue weighted by molar-refractivity contribution is 0.429. The standard InChI is InChI=1S/C6H11NO5S2/c1-3-5-7(14(10,11)12)13(8,9)6-4-2/h3-4H,1-2,5-6H2,(H,10,11,12). The molecule has 0 rings (SSSR count). The van der Waals surface area contributed by atoms with E-state index in [0.29, 0.717) is 0 Å². The molecule has 0 radical (unpaired) electrons. The SMILES string of the molecule is C=CCN(S(=O)(=O)O)S(=O)(=O)CC=C. The Hall–Kier alpha value is -0.700. The van der Waals surface area contributed by atoms with Gasteiger partial charge >= 0.3 is 10.3 Å². The molecule has 6 nitrogen and oxygen atoms in total. The highest BCUT2D eigenvalue weighted by Gasteiger charge is 2.30. The van der Waals surface area contributed by atoms with Crippen molar-refractivity contribution in [3.8, 4) is 0 Å². The first-order valence-corrected chi connectivity index (χ1v) is 6.46. The second-order valence-electron chi connectivity index (χ2n) is 2.29. The van der Waals surface area contributed by atoms with Gasteiger partial charge in [-0.05, 0) is 0 Å². The van der Waals surface area contributed by atoms with Crippen LogP contribution in [0.15, 0.2) is 25.3 Å². The van der Waals surface area contributed by atoms with Crippen molar-refractivity contribution in [2.75, 3.05) is 12.3 Å². The summed E-state index contributed by atoms with van der Waals surface area (Å²) in [4.78, 5) is 0. The van der Waals surface area contributed by atoms with E-state index in [1.54, 1.807) is 0 Å². The van der Waals surface area contributed by atoms with Gasteiger partial charge in [-0.3, -0.25) is 4.55 Å². The second-order valence-corrected chi connectivity index (χ2v) is 5.79. The van der Waals surface area contributed by atoms with Crippen LogP contribution in [0.1, 0.15) is 0 Å². The molecule has 0 fully saturated rings. The molecule has 8 heteroatoms. The van der Waals surface area contributed by atoms with Gasteiger partial charge in [0.2, 0.25) is 10.0 Å². The van der Waals surface area contributed by atoms with Gasteiger partial charge in [0, 0.05) is 6.54 Å². The summed E-state index contributed by atoms with van der Waals surface area (Å²) in [6.07, 6.45) is 2.07. The van der Waals surface area contributed by atoms with E-state index < -0.39 is 32.6 Å². The van der Waals surface area contributed by atoms with Crippen LogP contribution < -0.4 is 0 Å². The van der Waals surface area contributed by atoms with Crippen molar-refractivity contribution in [1.82, 2.24) is 3.71 Å². The highest BCUT2D eigenvalue weighted by molar-refractivity contribution is 8.01. The maximum Gasteiger partial charge on any atom is 0.349 e. The lowest BCUT2D eigenvalue weighted by Gasteiger charge is -2.15. The fourth-order valence-electron chi connectivity index (χ4n) is 0.689. The number of rotatable bonds is 6. The molecule has 0 atom stereocenters. The first-order chi connectivity index (χ1) is 6.25. The van der Waals surface area contributed by atoms with Crippen molar-refractivity contribution in [3.63, 3.8) is 0 Å². The lowest BCUT2D eigenvalue weighted by atomic mass is 10.7. The van der Waals surface area contributed by atoms with E-state index in [0.717, 1.165) is 12.2 Å². The summed E-state index contributed by atoms with van der Waals surface area (Å²) in [6, 6.07) is 0. The molecule has 0 saturated carbocycles. The van der Waals surface area contributed by atoms with E-state index in [1.807, 2.05) is 0 Å². The molecule has 0 aromatic heterocycles. The highest BCUT2D eigenvalue weighted by Crippen LogP contribution is 2.07. The zero-order valence-corrected chi connectivity index (χ0v) is 8.96. The summed E-state index contributed by atoms with van der Waals surface area (Å²) in [5.74, 6) is -0.569. The number of nitrogens with zero attached hydrogens (tertiary/aromatic N) is 1. The van der Waals surface area contributed by atoms with Crippen LogP contribution in [0.4, 0.5) is 0 Å². The summed E-state index contributed by atoms with van der Waals surface area (Å²) in [5, 5.41) is 0. The molecule has 0 aliphatic heterocycles. The van der Waals surface area contributed by atoms with Crippen molar-refractivity contribution in [1.29, 1.82) is 0 Å². The van der Waals surface area contributed by atoms with Crippen LogP contribution in [-0.2, 0) is 20.3 Å². The summed E-state index contributed by atoms with van der Waals surface area (Å²) < 4.78 is 52.4. The molecule has 14 heavy (non-hydrogen) atoms. The van der Waals surface area contributed by atoms with Crippen molar-refractivity contribution >= 4 is 20.3 Å². The molecule has 0 heterocycles. The zero-order valence-electron chi connectivity index (χ0n) is 7.33. The molecule has 0 aromatic rings. The highest BCUT2D eigenvalue weighted by atomic mass is 32.3. The smallest absolute Gasteiger partial charge is 0.273 e. The monoisotopic (exact) mass is 241 g/mol. The fourth-order valence-corrected chi connectivity index (χ4v) is 3.11. The Morgan fingerprint density at radius 1 is 1.14 bits per heavy atom. The van der Waals surface area contributed by atoms with Crippen LogP contribution in [0.3, 0.4) is 0 Å². The van der Waals surface area contributed by atoms with Crippen molar-refractivity contribution in [2.24, 2.45) is 0 Å². The van der Waals surface area contributed by atoms with Gasteiger partial charge in [0.1, 0.15) is 0 Å². The van der Waals surface area contributed by atoms with E-state index in [2.05, 4.69) is 13.2 Å². The van der Waals surface area contributed by atoms with Crippen LogP contribution in [0.25, 0.3) is 0 Å². The van der Waals surface area contributed by atoms with Gasteiger partial charge in [-0.25, -0.2) is 8.42 Å². The maximum absolute atomic E-state index is 11.2. The molecule has 0 spiro atoms. The van der Waals surface area contributed by atoms with Crippen molar-refractivity contribution in [3.05, 3.63) is 25.3 Å². The van der Waals surface area contributed by atoms with Crippen LogP contribution in [0.2, 0.25) is 0 Å². The fraction of sp³-hybridized carbons (Fsp3) is 0.333. The first kappa shape index (κ1) is 13.3. The summed E-state index contributed by atoms with van der Waals surface area (Å²) in [6.45, 7) is 5.84. The number of hydrogen-bond acceptors (Lipinski definition) is 4. The van der Waals surface area contributed by atoms with Gasteiger partial charge in [0.05, 0.1) is 5.75 Å². The van der Waals surface area contributed by atoms with Gasteiger partial charge in [-0.15, -0.1) is 13.2 Å². The van der Waals surface area contributed by atoms with Gasteiger partial charge in [0.25, 0.3) is 0 Å². The molecular weight excluding hydrogens is 230 g/mol. The summed E-state index contributed by atoms with van der Waals surface area (Å²) >= 11 is 0. The predicted octanol–water partition coefficient (Wildman–Crippen LogP) is -0.207. The summed E-state index contributed by atoms with van der Waals surface area (Å²) in [7, 11) is -8.87. The maximum atomic E-state index is 11.2. The minimum Gasteiger partial charge on any atom is -0.273 e. The Bertz CT molecular complexity index is 408. The number of hydrogen-bond donors (Lipinski definition) is 1. The van der Waals surface area contributed by atoms with E-state index in [-0.39, 0.29) is 3.71 Å². The largest absolute Gasteiger partial charge is 0.349 e. The molecule has 0 amide bonds. The minimum absolute atomic E-state index is 0.0469. The second kappa shape index (κ2) is 4.69. The van der Waals surface area contributed by atoms with Crippen LogP contribution in [-0.4, -0.2) is 37.4 Å². The molecule has 0 unspecified atom stereocenters. The van der Waals surface area contributed by atoms with Gasteiger partial charge in [-0.1, -0.05) is 15.9 Å². The van der Waals surface area contributed by atoms with Gasteiger partial charge < -0.3 is 0 Å². The van der Waals surface area contributed by atoms with Gasteiger partial charge in [0.15, 0.2) is 0 Å². The van der Waals surface area contributed by atoms with Gasteiger partial charge in [-0.2, -0.15) is 8.42 Å². The molecule has 82 valence electrons. The lowest BCUT2D eigenvalue weighted by Crippen LogP contribution is -2.37. The van der Waals surface area contributed by atoms with Crippen LogP contribution >= 0.6 is 0 Å². The Morgan fingerprint density at radius 2 is 1.64 bits per heavy atom. The van der Waals surface area contributed by atoms with Crippen molar-refractivity contribution < 1.29 is 21.4 Å². The zero-order chi connectivity index (χ0) is 11.4. The van der Waals surface area contributed by atoms with E-state index in [4.69, 9.17) is 4.55 Å². The minimum atomic E-state index is -4.78. The molecule has 0 bridgehead atoms. The summed E-state index contributed by atoms with van der Waals surface area (Å²) in [5.41, 5.74) is 0. The molecular formula is C6H11NO5S2. The topological polar surface area (TPSA) is 91.8 Å². The third-order valence-electron chi connectivity index (χ3n) is 1.17. The van der Waals surface area contributed by atoms with Crippen LogP contribution in [0.5, 0.6) is 0 Å². The third kappa shape index (κ3) is 3.58. The van der Waals surface area contributed by atoms with E-state index in [1.165, 1.54) is 0 Å². The number of sulfonamides is 1. The Kier molecular flexibility index (Phi) is 4.46. The average molecular weight is 241 g/mol. The Balaban J connectivity index is 5.23. The first-order valence-electron chi connectivity index (χ1n) is 3.45. The molecule has 0 aliphatic rings. The molecule has 0 aromatic carbocycles.